The molecular formula is C13H16N2O. The molecule has 3 saturated heterocycles. The van der Waals surface area contributed by atoms with E-state index in [1.807, 2.05) is 18.2 Å². The minimum atomic E-state index is 0.141. The molecule has 3 nitrogen and oxygen atoms in total. The molecule has 4 rings (SSSR count). The van der Waals surface area contributed by atoms with E-state index in [1.165, 1.54) is 12.1 Å². The van der Waals surface area contributed by atoms with Gasteiger partial charge in [-0.1, -0.05) is 12.1 Å². The molecule has 84 valence electrons. The van der Waals surface area contributed by atoms with Crippen molar-refractivity contribution in [3.8, 4) is 0 Å². The SMILES string of the molecule is CC(=O)c1cccc(N2CC3CC(C2)N3)c1. The molecule has 0 amide bonds. The summed E-state index contributed by atoms with van der Waals surface area (Å²) >= 11 is 0. The standard InChI is InChI=1S/C13H16N2O/c1-9(16)10-3-2-4-13(5-10)15-7-11-6-12(8-15)14-11/h2-5,11-12,14H,6-8H2,1H3. The van der Waals surface area contributed by atoms with Crippen molar-refractivity contribution >= 4 is 11.5 Å². The Kier molecular flexibility index (Phi) is 2.21. The van der Waals surface area contributed by atoms with Gasteiger partial charge < -0.3 is 10.2 Å². The van der Waals surface area contributed by atoms with Gasteiger partial charge in [0.25, 0.3) is 0 Å². The normalized spacial score (nSPS) is 27.4. The summed E-state index contributed by atoms with van der Waals surface area (Å²) < 4.78 is 0. The molecule has 2 unspecified atom stereocenters. The number of carbonyl (C=O) groups is 1. The first-order valence-electron chi connectivity index (χ1n) is 5.84. The number of piperazine rings is 1. The zero-order valence-corrected chi connectivity index (χ0v) is 9.44. The molecule has 1 N–H and O–H groups in total. The summed E-state index contributed by atoms with van der Waals surface area (Å²) in [5.41, 5.74) is 1.99. The predicted molar refractivity (Wildman–Crippen MR) is 64.0 cm³/mol. The van der Waals surface area contributed by atoms with Crippen LogP contribution in [0.5, 0.6) is 0 Å². The Hall–Kier alpha value is -1.35. The Bertz CT molecular complexity index is 414. The van der Waals surface area contributed by atoms with E-state index in [1.54, 1.807) is 6.92 Å². The van der Waals surface area contributed by atoms with Crippen LogP contribution in [0.1, 0.15) is 23.7 Å². The van der Waals surface area contributed by atoms with Crippen LogP contribution in [0.3, 0.4) is 0 Å². The molecule has 3 heteroatoms. The summed E-state index contributed by atoms with van der Waals surface area (Å²) in [6.45, 7) is 3.75. The van der Waals surface area contributed by atoms with Crippen LogP contribution in [-0.4, -0.2) is 31.0 Å². The van der Waals surface area contributed by atoms with Crippen molar-refractivity contribution in [2.75, 3.05) is 18.0 Å². The molecule has 0 aromatic heterocycles. The number of hydrogen-bond acceptors (Lipinski definition) is 3. The first-order chi connectivity index (χ1) is 7.72. The molecule has 3 aliphatic heterocycles. The molecule has 0 saturated carbocycles. The van der Waals surface area contributed by atoms with Crippen LogP contribution in [0.2, 0.25) is 0 Å². The molecule has 1 aromatic rings. The molecule has 0 radical (unpaired) electrons. The molecule has 0 aliphatic carbocycles. The first-order valence-corrected chi connectivity index (χ1v) is 5.84. The second-order valence-electron chi connectivity index (χ2n) is 4.81. The fourth-order valence-corrected chi connectivity index (χ4v) is 2.65. The molecule has 0 spiro atoms. The van der Waals surface area contributed by atoms with E-state index in [0.717, 1.165) is 18.7 Å². The van der Waals surface area contributed by atoms with Crippen LogP contribution in [0.25, 0.3) is 0 Å². The van der Waals surface area contributed by atoms with Gasteiger partial charge in [0.1, 0.15) is 0 Å². The quantitative estimate of drug-likeness (QED) is 0.759. The lowest BCUT2D eigenvalue weighted by atomic mass is 9.91. The number of rotatable bonds is 2. The first kappa shape index (κ1) is 9.85. The minimum absolute atomic E-state index is 0.141. The average Bonchev–Trinajstić information content (AvgIpc) is 2.28. The number of fused-ring (bicyclic) bond motifs is 2. The Morgan fingerprint density at radius 3 is 2.69 bits per heavy atom. The van der Waals surface area contributed by atoms with E-state index in [9.17, 15) is 4.79 Å². The lowest BCUT2D eigenvalue weighted by Gasteiger charge is -2.49. The maximum absolute atomic E-state index is 11.3. The number of ketones is 1. The van der Waals surface area contributed by atoms with Crippen molar-refractivity contribution in [3.63, 3.8) is 0 Å². The van der Waals surface area contributed by atoms with Gasteiger partial charge in [-0.25, -0.2) is 0 Å². The zero-order valence-electron chi connectivity index (χ0n) is 9.44. The van der Waals surface area contributed by atoms with E-state index in [4.69, 9.17) is 0 Å². The van der Waals surface area contributed by atoms with E-state index in [0.29, 0.717) is 12.1 Å². The monoisotopic (exact) mass is 216 g/mol. The number of Topliss-reactive ketones (excluding diaryl/α,β-unsaturated/α-hetero) is 1. The number of carbonyl (C=O) groups excluding carboxylic acids is 1. The Morgan fingerprint density at radius 1 is 1.38 bits per heavy atom. The van der Waals surface area contributed by atoms with Crippen molar-refractivity contribution in [3.05, 3.63) is 29.8 Å². The molecule has 3 fully saturated rings. The largest absolute Gasteiger partial charge is 0.368 e. The van der Waals surface area contributed by atoms with Crippen LogP contribution in [0.15, 0.2) is 24.3 Å². The molecule has 1 aromatic carbocycles. The number of hydrogen-bond donors (Lipinski definition) is 1. The maximum atomic E-state index is 11.3. The predicted octanol–water partition coefficient (Wildman–Crippen LogP) is 1.44. The fourth-order valence-electron chi connectivity index (χ4n) is 2.65. The Labute approximate surface area is 95.4 Å². The van der Waals surface area contributed by atoms with Crippen LogP contribution in [-0.2, 0) is 0 Å². The third-order valence-electron chi connectivity index (χ3n) is 3.54. The molecule has 2 atom stereocenters. The van der Waals surface area contributed by atoms with E-state index < -0.39 is 0 Å². The summed E-state index contributed by atoms with van der Waals surface area (Å²) in [5.74, 6) is 0.141. The number of anilines is 1. The smallest absolute Gasteiger partial charge is 0.159 e. The van der Waals surface area contributed by atoms with Gasteiger partial charge in [-0.05, 0) is 25.5 Å². The van der Waals surface area contributed by atoms with Crippen molar-refractivity contribution in [1.82, 2.24) is 5.32 Å². The van der Waals surface area contributed by atoms with Crippen LogP contribution >= 0.6 is 0 Å². The summed E-state index contributed by atoms with van der Waals surface area (Å²) in [6, 6.07) is 9.26. The maximum Gasteiger partial charge on any atom is 0.159 e. The molecule has 3 aliphatic rings. The van der Waals surface area contributed by atoms with Crippen LogP contribution < -0.4 is 10.2 Å². The highest BCUT2D eigenvalue weighted by molar-refractivity contribution is 5.95. The highest BCUT2D eigenvalue weighted by atomic mass is 16.1. The highest BCUT2D eigenvalue weighted by Gasteiger charge is 2.36. The van der Waals surface area contributed by atoms with Gasteiger partial charge in [-0.15, -0.1) is 0 Å². The number of nitrogens with zero attached hydrogens (tertiary/aromatic N) is 1. The van der Waals surface area contributed by atoms with Crippen molar-refractivity contribution < 1.29 is 4.79 Å². The van der Waals surface area contributed by atoms with E-state index >= 15 is 0 Å². The second-order valence-corrected chi connectivity index (χ2v) is 4.81. The summed E-state index contributed by atoms with van der Waals surface area (Å²) in [4.78, 5) is 13.7. The fraction of sp³-hybridized carbons (Fsp3) is 0.462. The van der Waals surface area contributed by atoms with Gasteiger partial charge in [0.2, 0.25) is 0 Å². The topological polar surface area (TPSA) is 32.3 Å². The van der Waals surface area contributed by atoms with Gasteiger partial charge in [0.05, 0.1) is 0 Å². The zero-order chi connectivity index (χ0) is 11.1. The number of nitrogens with one attached hydrogen (secondary N) is 1. The Balaban J connectivity index is 1.83. The molecule has 3 heterocycles. The van der Waals surface area contributed by atoms with Crippen LogP contribution in [0.4, 0.5) is 5.69 Å². The lowest BCUT2D eigenvalue weighted by molar-refractivity contribution is 0.101. The highest BCUT2D eigenvalue weighted by Crippen LogP contribution is 2.26. The Morgan fingerprint density at radius 2 is 2.06 bits per heavy atom. The summed E-state index contributed by atoms with van der Waals surface area (Å²) in [7, 11) is 0. The van der Waals surface area contributed by atoms with Gasteiger partial charge in [-0.2, -0.15) is 0 Å². The van der Waals surface area contributed by atoms with Gasteiger partial charge in [0, 0.05) is 36.4 Å². The number of piperidine rings is 1. The van der Waals surface area contributed by atoms with E-state index in [-0.39, 0.29) is 5.78 Å². The van der Waals surface area contributed by atoms with Gasteiger partial charge >= 0.3 is 0 Å². The van der Waals surface area contributed by atoms with Crippen molar-refractivity contribution in [2.24, 2.45) is 0 Å². The summed E-state index contributed by atoms with van der Waals surface area (Å²) in [5, 5.41) is 3.51. The summed E-state index contributed by atoms with van der Waals surface area (Å²) in [6.07, 6.45) is 1.31. The van der Waals surface area contributed by atoms with Crippen molar-refractivity contribution in [1.29, 1.82) is 0 Å². The average molecular weight is 216 g/mol. The van der Waals surface area contributed by atoms with Gasteiger partial charge in [-0.3, -0.25) is 4.79 Å². The number of benzene rings is 1. The minimum Gasteiger partial charge on any atom is -0.368 e. The molecular weight excluding hydrogens is 200 g/mol. The lowest BCUT2D eigenvalue weighted by Crippen LogP contribution is -2.67. The second kappa shape index (κ2) is 3.59. The van der Waals surface area contributed by atoms with Gasteiger partial charge in [0.15, 0.2) is 5.78 Å². The third-order valence-corrected chi connectivity index (χ3v) is 3.54. The molecule has 16 heavy (non-hydrogen) atoms. The van der Waals surface area contributed by atoms with E-state index in [2.05, 4.69) is 16.3 Å². The van der Waals surface area contributed by atoms with Crippen LogP contribution in [0, 0.1) is 0 Å². The van der Waals surface area contributed by atoms with Crippen molar-refractivity contribution in [2.45, 2.75) is 25.4 Å². The molecule has 2 bridgehead atoms. The third kappa shape index (κ3) is 1.61.